The Morgan fingerprint density at radius 3 is 2.81 bits per heavy atom. The molecule has 1 saturated heterocycles. The molecular formula is C20H27N5OS. The summed E-state index contributed by atoms with van der Waals surface area (Å²) in [5.74, 6) is 1.04. The standard InChI is InChI=1S/C20H27N5OS/c1-20(2)11-16(12-20)27-19-23-22-17(25(19)15-7-6-9-21-13-15)14-24-10-5-3-4-8-18(24)26/h6-7,9,13,16H,3-5,8,10-12,14H2,1-2H3. The third-order valence-electron chi connectivity index (χ3n) is 5.44. The summed E-state index contributed by atoms with van der Waals surface area (Å²) in [6.45, 7) is 5.94. The first-order valence-corrected chi connectivity index (χ1v) is 10.7. The van der Waals surface area contributed by atoms with Crippen LogP contribution in [0, 0.1) is 5.41 Å². The Morgan fingerprint density at radius 1 is 1.22 bits per heavy atom. The fourth-order valence-electron chi connectivity index (χ4n) is 4.01. The zero-order valence-corrected chi connectivity index (χ0v) is 16.9. The van der Waals surface area contributed by atoms with E-state index in [4.69, 9.17) is 0 Å². The third kappa shape index (κ3) is 4.18. The van der Waals surface area contributed by atoms with Crippen molar-refractivity contribution in [3.05, 3.63) is 30.4 Å². The maximum Gasteiger partial charge on any atom is 0.222 e. The highest BCUT2D eigenvalue weighted by Gasteiger charge is 2.37. The second kappa shape index (κ2) is 7.62. The van der Waals surface area contributed by atoms with Crippen LogP contribution in [0.5, 0.6) is 0 Å². The van der Waals surface area contributed by atoms with Gasteiger partial charge in [-0.3, -0.25) is 14.3 Å². The molecule has 0 radical (unpaired) electrons. The molecule has 144 valence electrons. The molecule has 0 atom stereocenters. The van der Waals surface area contributed by atoms with Gasteiger partial charge >= 0.3 is 0 Å². The molecule has 1 aliphatic heterocycles. The van der Waals surface area contributed by atoms with Gasteiger partial charge in [0.05, 0.1) is 18.4 Å². The normalized spacial score (nSPS) is 20.4. The molecule has 2 aromatic heterocycles. The van der Waals surface area contributed by atoms with Gasteiger partial charge in [0, 0.05) is 24.4 Å². The van der Waals surface area contributed by atoms with Crippen LogP contribution >= 0.6 is 11.8 Å². The Morgan fingerprint density at radius 2 is 2.07 bits per heavy atom. The monoisotopic (exact) mass is 385 g/mol. The maximum absolute atomic E-state index is 12.4. The lowest BCUT2D eigenvalue weighted by Crippen LogP contribution is -2.34. The van der Waals surface area contributed by atoms with E-state index < -0.39 is 0 Å². The van der Waals surface area contributed by atoms with Crippen molar-refractivity contribution in [2.24, 2.45) is 5.41 Å². The van der Waals surface area contributed by atoms with E-state index in [1.54, 1.807) is 18.0 Å². The number of hydrogen-bond acceptors (Lipinski definition) is 5. The Kier molecular flexibility index (Phi) is 5.21. The molecule has 2 aliphatic rings. The Hall–Kier alpha value is -1.89. The van der Waals surface area contributed by atoms with E-state index in [9.17, 15) is 4.79 Å². The van der Waals surface area contributed by atoms with E-state index in [2.05, 4.69) is 33.6 Å². The van der Waals surface area contributed by atoms with Crippen molar-refractivity contribution >= 4 is 17.7 Å². The van der Waals surface area contributed by atoms with Crippen molar-refractivity contribution in [3.63, 3.8) is 0 Å². The van der Waals surface area contributed by atoms with E-state index in [0.29, 0.717) is 23.6 Å². The summed E-state index contributed by atoms with van der Waals surface area (Å²) in [5, 5.41) is 10.4. The molecule has 0 bridgehead atoms. The van der Waals surface area contributed by atoms with Crippen molar-refractivity contribution in [1.29, 1.82) is 0 Å². The molecular weight excluding hydrogens is 358 g/mol. The van der Waals surface area contributed by atoms with Gasteiger partial charge in [-0.1, -0.05) is 32.0 Å². The quantitative estimate of drug-likeness (QED) is 0.782. The molecule has 0 spiro atoms. The Labute approximate surface area is 164 Å². The number of carbonyl (C=O) groups excluding carboxylic acids is 1. The van der Waals surface area contributed by atoms with Gasteiger partial charge < -0.3 is 4.90 Å². The van der Waals surface area contributed by atoms with Gasteiger partial charge in [0.2, 0.25) is 5.91 Å². The van der Waals surface area contributed by atoms with E-state index >= 15 is 0 Å². The van der Waals surface area contributed by atoms with Crippen LogP contribution < -0.4 is 0 Å². The molecule has 7 heteroatoms. The predicted molar refractivity (Wildman–Crippen MR) is 106 cm³/mol. The number of hydrogen-bond donors (Lipinski definition) is 0. The second-order valence-corrected chi connectivity index (χ2v) is 9.65. The average Bonchev–Trinajstić information content (AvgIpc) is 2.89. The van der Waals surface area contributed by atoms with Crippen LogP contribution in [-0.4, -0.2) is 42.4 Å². The molecule has 0 unspecified atom stereocenters. The summed E-state index contributed by atoms with van der Waals surface area (Å²) >= 11 is 1.80. The summed E-state index contributed by atoms with van der Waals surface area (Å²) in [5.41, 5.74) is 1.39. The number of nitrogens with zero attached hydrogens (tertiary/aromatic N) is 5. The largest absolute Gasteiger partial charge is 0.335 e. The first-order valence-electron chi connectivity index (χ1n) is 9.81. The van der Waals surface area contributed by atoms with Crippen LogP contribution in [0.2, 0.25) is 0 Å². The predicted octanol–water partition coefficient (Wildman–Crippen LogP) is 3.85. The second-order valence-electron chi connectivity index (χ2n) is 8.38. The summed E-state index contributed by atoms with van der Waals surface area (Å²) in [6.07, 6.45) is 9.80. The van der Waals surface area contributed by atoms with Gasteiger partial charge in [-0.2, -0.15) is 0 Å². The summed E-state index contributed by atoms with van der Waals surface area (Å²) < 4.78 is 2.08. The highest BCUT2D eigenvalue weighted by Crippen LogP contribution is 2.48. The summed E-state index contributed by atoms with van der Waals surface area (Å²) in [7, 11) is 0. The van der Waals surface area contributed by atoms with Gasteiger partial charge in [-0.25, -0.2) is 0 Å². The fourth-order valence-corrected chi connectivity index (χ4v) is 5.78. The van der Waals surface area contributed by atoms with Crippen molar-refractivity contribution in [2.45, 2.75) is 69.3 Å². The number of likely N-dealkylation sites (tertiary alicyclic amines) is 1. The number of aromatic nitrogens is 4. The Balaban J connectivity index is 1.60. The molecule has 27 heavy (non-hydrogen) atoms. The zero-order chi connectivity index (χ0) is 18.9. The van der Waals surface area contributed by atoms with Crippen LogP contribution in [0.15, 0.2) is 29.7 Å². The van der Waals surface area contributed by atoms with Gasteiger partial charge in [0.25, 0.3) is 0 Å². The van der Waals surface area contributed by atoms with E-state index in [1.807, 2.05) is 23.2 Å². The number of rotatable bonds is 5. The van der Waals surface area contributed by atoms with Crippen molar-refractivity contribution in [2.75, 3.05) is 6.54 Å². The molecule has 0 aromatic carbocycles. The number of amides is 1. The first kappa shape index (κ1) is 18.5. The first-order chi connectivity index (χ1) is 13.0. The van der Waals surface area contributed by atoms with Crippen LogP contribution in [0.3, 0.4) is 0 Å². The molecule has 4 rings (SSSR count). The Bertz CT molecular complexity index is 796. The lowest BCUT2D eigenvalue weighted by atomic mass is 9.72. The van der Waals surface area contributed by atoms with Crippen molar-refractivity contribution in [1.82, 2.24) is 24.6 Å². The van der Waals surface area contributed by atoms with E-state index in [0.717, 1.165) is 42.5 Å². The SMILES string of the molecule is CC1(C)CC(Sc2nnc(CN3CCCCCC3=O)n2-c2cccnc2)C1. The minimum atomic E-state index is 0.225. The summed E-state index contributed by atoms with van der Waals surface area (Å²) in [4.78, 5) is 18.6. The third-order valence-corrected chi connectivity index (χ3v) is 6.58. The minimum absolute atomic E-state index is 0.225. The van der Waals surface area contributed by atoms with Crippen molar-refractivity contribution in [3.8, 4) is 5.69 Å². The maximum atomic E-state index is 12.4. The summed E-state index contributed by atoms with van der Waals surface area (Å²) in [6, 6.07) is 3.95. The van der Waals surface area contributed by atoms with Crippen LogP contribution in [0.4, 0.5) is 0 Å². The zero-order valence-electron chi connectivity index (χ0n) is 16.1. The fraction of sp³-hybridized carbons (Fsp3) is 0.600. The van der Waals surface area contributed by atoms with Gasteiger partial charge in [0.15, 0.2) is 11.0 Å². The molecule has 2 aromatic rings. The lowest BCUT2D eigenvalue weighted by Gasteiger charge is -2.41. The molecule has 3 heterocycles. The van der Waals surface area contributed by atoms with Crippen LogP contribution in [0.25, 0.3) is 5.69 Å². The molecule has 1 saturated carbocycles. The number of thioether (sulfide) groups is 1. The van der Waals surface area contributed by atoms with E-state index in [1.165, 1.54) is 12.8 Å². The molecule has 6 nitrogen and oxygen atoms in total. The highest BCUT2D eigenvalue weighted by atomic mass is 32.2. The topological polar surface area (TPSA) is 63.9 Å². The van der Waals surface area contributed by atoms with E-state index in [-0.39, 0.29) is 5.91 Å². The average molecular weight is 386 g/mol. The molecule has 0 N–H and O–H groups in total. The smallest absolute Gasteiger partial charge is 0.222 e. The van der Waals surface area contributed by atoms with Crippen LogP contribution in [0.1, 0.15) is 58.2 Å². The van der Waals surface area contributed by atoms with Gasteiger partial charge in [0.1, 0.15) is 0 Å². The number of carbonyl (C=O) groups is 1. The number of pyridine rings is 1. The molecule has 1 aliphatic carbocycles. The molecule has 2 fully saturated rings. The molecule has 1 amide bonds. The minimum Gasteiger partial charge on any atom is -0.335 e. The van der Waals surface area contributed by atoms with Gasteiger partial charge in [-0.15, -0.1) is 10.2 Å². The van der Waals surface area contributed by atoms with Gasteiger partial charge in [-0.05, 0) is 43.2 Å². The van der Waals surface area contributed by atoms with Crippen LogP contribution in [-0.2, 0) is 11.3 Å². The highest BCUT2D eigenvalue weighted by molar-refractivity contribution is 7.99. The lowest BCUT2D eigenvalue weighted by molar-refractivity contribution is -0.131. The van der Waals surface area contributed by atoms with Crippen molar-refractivity contribution < 1.29 is 4.79 Å².